The molecular formula is C19H18F2O5. The van der Waals surface area contributed by atoms with Gasteiger partial charge in [0, 0.05) is 18.4 Å². The van der Waals surface area contributed by atoms with Gasteiger partial charge in [-0.2, -0.15) is 0 Å². The van der Waals surface area contributed by atoms with Crippen molar-refractivity contribution in [2.75, 3.05) is 0 Å². The number of cyclic esters (lactones) is 1. The normalized spacial score (nSPS) is 30.3. The molecule has 5 nitrogen and oxygen atoms in total. The van der Waals surface area contributed by atoms with Gasteiger partial charge < -0.3 is 14.9 Å². The minimum absolute atomic E-state index is 0.0232. The van der Waals surface area contributed by atoms with Crippen LogP contribution in [0.2, 0.25) is 0 Å². The molecule has 1 saturated carbocycles. The fourth-order valence-electron chi connectivity index (χ4n) is 3.27. The molecule has 26 heavy (non-hydrogen) atoms. The molecule has 1 aromatic rings. The number of ether oxygens (including phenoxy) is 1. The zero-order chi connectivity index (χ0) is 19.1. The van der Waals surface area contributed by atoms with Gasteiger partial charge in [-0.15, -0.1) is 0 Å². The van der Waals surface area contributed by atoms with E-state index in [1.165, 1.54) is 37.3 Å². The maximum atomic E-state index is 13.8. The topological polar surface area (TPSA) is 83.8 Å². The van der Waals surface area contributed by atoms with E-state index in [9.17, 15) is 28.6 Å². The van der Waals surface area contributed by atoms with E-state index < -0.39 is 41.4 Å². The lowest BCUT2D eigenvalue weighted by Crippen LogP contribution is -2.19. The summed E-state index contributed by atoms with van der Waals surface area (Å²) in [4.78, 5) is 24.5. The molecule has 1 fully saturated rings. The second-order valence-electron chi connectivity index (χ2n) is 6.64. The molecule has 0 spiro atoms. The first-order valence-corrected chi connectivity index (χ1v) is 8.21. The van der Waals surface area contributed by atoms with Crippen LogP contribution in [0, 0.1) is 11.8 Å². The second kappa shape index (κ2) is 6.55. The highest BCUT2D eigenvalue weighted by molar-refractivity contribution is 5.98. The first-order valence-electron chi connectivity index (χ1n) is 8.21. The van der Waals surface area contributed by atoms with E-state index >= 15 is 0 Å². The SMILES string of the molecule is C[C@@H]1C[C@@H]2[C@@H](/C=C/C=C/C(=O)Cc3cc(O)cc(O)c3C(=O)O1)C2(F)F. The lowest BCUT2D eigenvalue weighted by atomic mass is 10.00. The number of alkyl halides is 2. The predicted octanol–water partition coefficient (Wildman–Crippen LogP) is 3.15. The number of esters is 1. The first kappa shape index (κ1) is 18.1. The van der Waals surface area contributed by atoms with Gasteiger partial charge in [0.25, 0.3) is 5.92 Å². The van der Waals surface area contributed by atoms with Gasteiger partial charge in [0.15, 0.2) is 5.78 Å². The lowest BCUT2D eigenvalue weighted by molar-refractivity contribution is -0.114. The molecular weight excluding hydrogens is 346 g/mol. The smallest absolute Gasteiger partial charge is 0.342 e. The molecule has 1 heterocycles. The van der Waals surface area contributed by atoms with Crippen molar-refractivity contribution in [3.05, 3.63) is 47.6 Å². The minimum atomic E-state index is -2.87. The molecule has 0 unspecified atom stereocenters. The Labute approximate surface area is 148 Å². The van der Waals surface area contributed by atoms with Gasteiger partial charge in [-0.05, 0) is 31.1 Å². The summed E-state index contributed by atoms with van der Waals surface area (Å²) in [6.45, 7) is 1.50. The summed E-state index contributed by atoms with van der Waals surface area (Å²) in [6.07, 6.45) is 4.23. The molecule has 3 rings (SSSR count). The summed E-state index contributed by atoms with van der Waals surface area (Å²) in [5, 5.41) is 19.6. The zero-order valence-electron chi connectivity index (χ0n) is 14.0. The standard InChI is InChI=1S/C19H18F2O5/c1-10-6-15-14(19(15,20)21)5-3-2-4-12(22)7-11-8-13(23)9-16(24)17(11)18(25)26-10/h2-5,8-10,14-15,23-24H,6-7H2,1H3/b4-2+,5-3+/t10-,14-,15-/m1/s1. The number of phenols is 2. The summed E-state index contributed by atoms with van der Waals surface area (Å²) in [5.74, 6) is -6.95. The molecule has 2 aliphatic rings. The third kappa shape index (κ3) is 3.47. The summed E-state index contributed by atoms with van der Waals surface area (Å²) in [7, 11) is 0. The number of carbonyl (C=O) groups is 2. The minimum Gasteiger partial charge on any atom is -0.508 e. The Morgan fingerprint density at radius 2 is 1.92 bits per heavy atom. The molecule has 0 amide bonds. The Balaban J connectivity index is 1.97. The molecule has 3 atom stereocenters. The van der Waals surface area contributed by atoms with Crippen LogP contribution in [0.25, 0.3) is 0 Å². The van der Waals surface area contributed by atoms with E-state index in [1.807, 2.05) is 0 Å². The van der Waals surface area contributed by atoms with Gasteiger partial charge in [0.05, 0.1) is 12.0 Å². The van der Waals surface area contributed by atoms with E-state index in [2.05, 4.69) is 0 Å². The Hall–Kier alpha value is -2.70. The van der Waals surface area contributed by atoms with Crippen LogP contribution in [-0.4, -0.2) is 34.0 Å². The number of fused-ring (bicyclic) bond motifs is 2. The monoisotopic (exact) mass is 364 g/mol. The van der Waals surface area contributed by atoms with Crippen molar-refractivity contribution in [2.45, 2.75) is 31.8 Å². The Morgan fingerprint density at radius 3 is 2.65 bits per heavy atom. The fraction of sp³-hybridized carbons (Fsp3) is 0.368. The van der Waals surface area contributed by atoms with Crippen LogP contribution in [-0.2, 0) is 16.0 Å². The van der Waals surface area contributed by atoms with Crippen LogP contribution < -0.4 is 0 Å². The van der Waals surface area contributed by atoms with Gasteiger partial charge in [0.2, 0.25) is 0 Å². The van der Waals surface area contributed by atoms with Gasteiger partial charge in [-0.1, -0.05) is 18.2 Å². The molecule has 0 radical (unpaired) electrons. The van der Waals surface area contributed by atoms with Crippen molar-refractivity contribution in [3.63, 3.8) is 0 Å². The summed E-state index contributed by atoms with van der Waals surface area (Å²) in [5.41, 5.74) is -0.145. The van der Waals surface area contributed by atoms with Crippen LogP contribution in [0.3, 0.4) is 0 Å². The van der Waals surface area contributed by atoms with E-state index in [-0.39, 0.29) is 29.7 Å². The van der Waals surface area contributed by atoms with E-state index in [1.54, 1.807) is 0 Å². The molecule has 1 aliphatic heterocycles. The highest BCUT2D eigenvalue weighted by atomic mass is 19.3. The molecule has 2 N–H and O–H groups in total. The molecule has 1 aromatic carbocycles. The van der Waals surface area contributed by atoms with Crippen LogP contribution in [0.5, 0.6) is 11.5 Å². The van der Waals surface area contributed by atoms with Gasteiger partial charge in [-0.25, -0.2) is 13.6 Å². The van der Waals surface area contributed by atoms with Crippen molar-refractivity contribution >= 4 is 11.8 Å². The lowest BCUT2D eigenvalue weighted by Gasteiger charge is -2.16. The number of hydrogen-bond donors (Lipinski definition) is 2. The average Bonchev–Trinajstić information content (AvgIpc) is 3.01. The van der Waals surface area contributed by atoms with Crippen LogP contribution in [0.1, 0.15) is 29.3 Å². The zero-order valence-corrected chi connectivity index (χ0v) is 14.0. The number of aromatic hydroxyl groups is 2. The van der Waals surface area contributed by atoms with Crippen molar-refractivity contribution in [1.29, 1.82) is 0 Å². The maximum Gasteiger partial charge on any atom is 0.342 e. The second-order valence-corrected chi connectivity index (χ2v) is 6.64. The quantitative estimate of drug-likeness (QED) is 0.691. The van der Waals surface area contributed by atoms with Crippen molar-refractivity contribution in [1.82, 2.24) is 0 Å². The third-order valence-electron chi connectivity index (χ3n) is 4.62. The number of benzene rings is 1. The number of hydrogen-bond acceptors (Lipinski definition) is 5. The summed E-state index contributed by atoms with van der Waals surface area (Å²) >= 11 is 0. The van der Waals surface area contributed by atoms with Crippen LogP contribution in [0.4, 0.5) is 8.78 Å². The highest BCUT2D eigenvalue weighted by Gasteiger charge is 2.66. The molecule has 0 bridgehead atoms. The number of halogens is 2. The Kier molecular flexibility index (Phi) is 4.56. The van der Waals surface area contributed by atoms with Crippen LogP contribution in [0.15, 0.2) is 36.4 Å². The van der Waals surface area contributed by atoms with Crippen LogP contribution >= 0.6 is 0 Å². The number of rotatable bonds is 0. The van der Waals surface area contributed by atoms with Gasteiger partial charge in [0.1, 0.15) is 17.1 Å². The predicted molar refractivity (Wildman–Crippen MR) is 88.2 cm³/mol. The highest BCUT2D eigenvalue weighted by Crippen LogP contribution is 2.58. The van der Waals surface area contributed by atoms with Crippen molar-refractivity contribution in [2.24, 2.45) is 11.8 Å². The molecule has 138 valence electrons. The largest absolute Gasteiger partial charge is 0.508 e. The molecule has 0 aromatic heterocycles. The summed E-state index contributed by atoms with van der Waals surface area (Å²) < 4.78 is 32.9. The average molecular weight is 364 g/mol. The fourth-order valence-corrected chi connectivity index (χ4v) is 3.27. The van der Waals surface area contributed by atoms with E-state index in [0.29, 0.717) is 0 Å². The Morgan fingerprint density at radius 1 is 1.19 bits per heavy atom. The number of carbonyl (C=O) groups excluding carboxylic acids is 2. The third-order valence-corrected chi connectivity index (χ3v) is 4.62. The van der Waals surface area contributed by atoms with Gasteiger partial charge >= 0.3 is 5.97 Å². The maximum absolute atomic E-state index is 13.8. The number of allylic oxidation sites excluding steroid dienone is 4. The number of ketones is 1. The van der Waals surface area contributed by atoms with Crippen molar-refractivity contribution in [3.8, 4) is 11.5 Å². The van der Waals surface area contributed by atoms with Crippen molar-refractivity contribution < 1.29 is 33.3 Å². The molecule has 7 heteroatoms. The number of phenolic OH excluding ortho intramolecular Hbond substituents is 2. The Bertz CT molecular complexity index is 812. The molecule has 1 aliphatic carbocycles. The first-order chi connectivity index (χ1) is 12.2. The van der Waals surface area contributed by atoms with Gasteiger partial charge in [-0.3, -0.25) is 4.79 Å². The van der Waals surface area contributed by atoms with E-state index in [4.69, 9.17) is 4.74 Å². The van der Waals surface area contributed by atoms with E-state index in [0.717, 1.165) is 6.07 Å². The summed E-state index contributed by atoms with van der Waals surface area (Å²) in [6, 6.07) is 2.15. The molecule has 0 saturated heterocycles.